The summed E-state index contributed by atoms with van der Waals surface area (Å²) >= 11 is 0. The molecule has 0 unspecified atom stereocenters. The monoisotopic (exact) mass is 237 g/mol. The van der Waals surface area contributed by atoms with E-state index in [-0.39, 0.29) is 18.6 Å². The topological polar surface area (TPSA) is 47.6 Å². The SMILES string of the molecule is COCc1ccccc1NC(=O)COC(C)C. The maximum atomic E-state index is 11.6. The summed E-state index contributed by atoms with van der Waals surface area (Å²) in [6, 6.07) is 7.55. The number of nitrogens with one attached hydrogen (secondary N) is 1. The Balaban J connectivity index is 2.58. The van der Waals surface area contributed by atoms with E-state index >= 15 is 0 Å². The Bertz CT molecular complexity index is 363. The molecule has 0 saturated heterocycles. The maximum Gasteiger partial charge on any atom is 0.250 e. The molecular weight excluding hydrogens is 218 g/mol. The molecule has 4 heteroatoms. The highest BCUT2D eigenvalue weighted by molar-refractivity contribution is 5.92. The van der Waals surface area contributed by atoms with Crippen LogP contribution in [0, 0.1) is 0 Å². The molecule has 0 aromatic heterocycles. The van der Waals surface area contributed by atoms with Crippen molar-refractivity contribution in [2.75, 3.05) is 19.0 Å². The molecular formula is C13H19NO3. The van der Waals surface area contributed by atoms with Crippen LogP contribution in [0.15, 0.2) is 24.3 Å². The maximum absolute atomic E-state index is 11.6. The third-order valence-corrected chi connectivity index (χ3v) is 2.14. The molecule has 0 saturated carbocycles. The van der Waals surface area contributed by atoms with Gasteiger partial charge < -0.3 is 14.8 Å². The number of hydrogen-bond donors (Lipinski definition) is 1. The zero-order valence-electron chi connectivity index (χ0n) is 10.5. The number of anilines is 1. The van der Waals surface area contributed by atoms with Crippen LogP contribution in [0.3, 0.4) is 0 Å². The van der Waals surface area contributed by atoms with Crippen LogP contribution in [-0.4, -0.2) is 25.7 Å². The Hall–Kier alpha value is -1.39. The number of carbonyl (C=O) groups is 1. The van der Waals surface area contributed by atoms with Gasteiger partial charge in [-0.1, -0.05) is 18.2 Å². The summed E-state index contributed by atoms with van der Waals surface area (Å²) in [5, 5.41) is 2.81. The molecule has 0 aliphatic heterocycles. The molecule has 0 aliphatic rings. The zero-order chi connectivity index (χ0) is 12.7. The van der Waals surface area contributed by atoms with Gasteiger partial charge in [0.2, 0.25) is 5.91 Å². The summed E-state index contributed by atoms with van der Waals surface area (Å²) < 4.78 is 10.3. The molecule has 94 valence electrons. The van der Waals surface area contributed by atoms with E-state index in [0.29, 0.717) is 6.61 Å². The van der Waals surface area contributed by atoms with Gasteiger partial charge in [0, 0.05) is 18.4 Å². The van der Waals surface area contributed by atoms with Crippen LogP contribution in [0.5, 0.6) is 0 Å². The number of hydrogen-bond acceptors (Lipinski definition) is 3. The lowest BCUT2D eigenvalue weighted by molar-refractivity contribution is -0.121. The van der Waals surface area contributed by atoms with Gasteiger partial charge in [-0.05, 0) is 19.9 Å². The predicted octanol–water partition coefficient (Wildman–Crippen LogP) is 2.20. The minimum atomic E-state index is -0.151. The second-order valence-electron chi connectivity index (χ2n) is 4.00. The van der Waals surface area contributed by atoms with Crippen LogP contribution in [0.25, 0.3) is 0 Å². The normalized spacial score (nSPS) is 10.6. The first-order valence-corrected chi connectivity index (χ1v) is 5.61. The van der Waals surface area contributed by atoms with E-state index in [4.69, 9.17) is 9.47 Å². The van der Waals surface area contributed by atoms with Crippen molar-refractivity contribution in [1.29, 1.82) is 0 Å². The van der Waals surface area contributed by atoms with Crippen LogP contribution in [-0.2, 0) is 20.9 Å². The van der Waals surface area contributed by atoms with Crippen molar-refractivity contribution in [3.05, 3.63) is 29.8 Å². The van der Waals surface area contributed by atoms with Crippen LogP contribution in [0.4, 0.5) is 5.69 Å². The summed E-state index contributed by atoms with van der Waals surface area (Å²) in [6.07, 6.45) is 0.0509. The van der Waals surface area contributed by atoms with E-state index in [9.17, 15) is 4.79 Å². The van der Waals surface area contributed by atoms with Crippen molar-refractivity contribution >= 4 is 11.6 Å². The van der Waals surface area contributed by atoms with Gasteiger partial charge in [-0.3, -0.25) is 4.79 Å². The summed E-state index contributed by atoms with van der Waals surface area (Å²) in [4.78, 5) is 11.6. The molecule has 0 radical (unpaired) electrons. The Morgan fingerprint density at radius 1 is 1.35 bits per heavy atom. The van der Waals surface area contributed by atoms with Gasteiger partial charge >= 0.3 is 0 Å². The number of methoxy groups -OCH3 is 1. The number of ether oxygens (including phenoxy) is 2. The molecule has 0 atom stereocenters. The molecule has 1 amide bonds. The van der Waals surface area contributed by atoms with Crippen molar-refractivity contribution in [3.63, 3.8) is 0 Å². The number of rotatable bonds is 6. The molecule has 1 rings (SSSR count). The van der Waals surface area contributed by atoms with Gasteiger partial charge in [0.05, 0.1) is 12.7 Å². The van der Waals surface area contributed by atoms with Gasteiger partial charge in [0.1, 0.15) is 6.61 Å². The Morgan fingerprint density at radius 2 is 2.06 bits per heavy atom. The van der Waals surface area contributed by atoms with E-state index < -0.39 is 0 Å². The fourth-order valence-corrected chi connectivity index (χ4v) is 1.35. The average Bonchev–Trinajstić information content (AvgIpc) is 2.29. The van der Waals surface area contributed by atoms with Crippen molar-refractivity contribution in [2.45, 2.75) is 26.6 Å². The van der Waals surface area contributed by atoms with Gasteiger partial charge in [0.15, 0.2) is 0 Å². The highest BCUT2D eigenvalue weighted by atomic mass is 16.5. The number of amides is 1. The van der Waals surface area contributed by atoms with Gasteiger partial charge in [0.25, 0.3) is 0 Å². The summed E-state index contributed by atoms with van der Waals surface area (Å²) in [5.41, 5.74) is 1.72. The lowest BCUT2D eigenvalue weighted by atomic mass is 10.2. The first-order chi connectivity index (χ1) is 8.13. The van der Waals surface area contributed by atoms with E-state index in [1.165, 1.54) is 0 Å². The second kappa shape index (κ2) is 7.04. The molecule has 1 N–H and O–H groups in total. The molecule has 0 fully saturated rings. The molecule has 0 aliphatic carbocycles. The van der Waals surface area contributed by atoms with Gasteiger partial charge in [-0.2, -0.15) is 0 Å². The summed E-state index contributed by atoms with van der Waals surface area (Å²) in [7, 11) is 1.63. The van der Waals surface area contributed by atoms with Crippen LogP contribution >= 0.6 is 0 Å². The quantitative estimate of drug-likeness (QED) is 0.825. The third kappa shape index (κ3) is 4.97. The smallest absolute Gasteiger partial charge is 0.250 e. The van der Waals surface area contributed by atoms with Crippen molar-refractivity contribution in [3.8, 4) is 0 Å². The fourth-order valence-electron chi connectivity index (χ4n) is 1.35. The predicted molar refractivity (Wildman–Crippen MR) is 66.9 cm³/mol. The van der Waals surface area contributed by atoms with Gasteiger partial charge in [-0.25, -0.2) is 0 Å². The Kier molecular flexibility index (Phi) is 5.66. The minimum Gasteiger partial charge on any atom is -0.380 e. The lowest BCUT2D eigenvalue weighted by Crippen LogP contribution is -2.21. The Labute approximate surface area is 102 Å². The lowest BCUT2D eigenvalue weighted by Gasteiger charge is -2.11. The molecule has 1 aromatic rings. The molecule has 17 heavy (non-hydrogen) atoms. The third-order valence-electron chi connectivity index (χ3n) is 2.14. The number of carbonyl (C=O) groups excluding carboxylic acids is 1. The second-order valence-corrected chi connectivity index (χ2v) is 4.00. The largest absolute Gasteiger partial charge is 0.380 e. The average molecular weight is 237 g/mol. The number of para-hydroxylation sites is 1. The Morgan fingerprint density at radius 3 is 2.71 bits per heavy atom. The van der Waals surface area contributed by atoms with Crippen molar-refractivity contribution in [2.24, 2.45) is 0 Å². The zero-order valence-corrected chi connectivity index (χ0v) is 10.5. The van der Waals surface area contributed by atoms with E-state index in [2.05, 4.69) is 5.32 Å². The molecule has 0 bridgehead atoms. The van der Waals surface area contributed by atoms with Crippen molar-refractivity contribution < 1.29 is 14.3 Å². The van der Waals surface area contributed by atoms with Crippen molar-refractivity contribution in [1.82, 2.24) is 0 Å². The first-order valence-electron chi connectivity index (χ1n) is 5.61. The fraction of sp³-hybridized carbons (Fsp3) is 0.462. The first kappa shape index (κ1) is 13.7. The van der Waals surface area contributed by atoms with Crippen LogP contribution < -0.4 is 5.32 Å². The van der Waals surface area contributed by atoms with Crippen LogP contribution in [0.1, 0.15) is 19.4 Å². The van der Waals surface area contributed by atoms with Gasteiger partial charge in [-0.15, -0.1) is 0 Å². The summed E-state index contributed by atoms with van der Waals surface area (Å²) in [5.74, 6) is -0.151. The minimum absolute atomic E-state index is 0.0509. The van der Waals surface area contributed by atoms with E-state index in [1.807, 2.05) is 38.1 Å². The number of benzene rings is 1. The van der Waals surface area contributed by atoms with Crippen LogP contribution in [0.2, 0.25) is 0 Å². The van der Waals surface area contributed by atoms with E-state index in [0.717, 1.165) is 11.3 Å². The molecule has 0 heterocycles. The highest BCUT2D eigenvalue weighted by Gasteiger charge is 2.07. The van der Waals surface area contributed by atoms with E-state index in [1.54, 1.807) is 7.11 Å². The highest BCUT2D eigenvalue weighted by Crippen LogP contribution is 2.15. The molecule has 4 nitrogen and oxygen atoms in total. The summed E-state index contributed by atoms with van der Waals surface area (Å²) in [6.45, 7) is 4.33. The molecule has 1 aromatic carbocycles. The standard InChI is InChI=1S/C13H19NO3/c1-10(2)17-9-13(15)14-12-7-5-4-6-11(12)8-16-3/h4-7,10H,8-9H2,1-3H3,(H,14,15). The molecule has 0 spiro atoms.